The van der Waals surface area contributed by atoms with Gasteiger partial charge in [-0.25, -0.2) is 17.6 Å². The molecule has 2 aliphatic carbocycles. The van der Waals surface area contributed by atoms with E-state index in [1.165, 1.54) is 32.9 Å². The maximum atomic E-state index is 15.2. The van der Waals surface area contributed by atoms with Crippen LogP contribution in [0.15, 0.2) is 23.4 Å². The SMILES string of the molecule is COCc1cc(NC(=O)C(N)=C(C2CCCCC2)C2CCCCC2)c(F)cc1C(C)C(=O)NC(F)C(F)F.Cl. The van der Waals surface area contributed by atoms with E-state index in [0.717, 1.165) is 63.0 Å². The van der Waals surface area contributed by atoms with Gasteiger partial charge in [-0.15, -0.1) is 12.4 Å². The average Bonchev–Trinajstić information content (AvgIpc) is 2.91. The Bertz CT molecular complexity index is 992. The molecule has 2 aliphatic rings. The molecule has 6 nitrogen and oxygen atoms in total. The van der Waals surface area contributed by atoms with Gasteiger partial charge in [-0.3, -0.25) is 9.59 Å². The topological polar surface area (TPSA) is 93.4 Å². The van der Waals surface area contributed by atoms with Crippen LogP contribution >= 0.6 is 12.4 Å². The number of nitrogens with one attached hydrogen (secondary N) is 2. The van der Waals surface area contributed by atoms with Crippen LogP contribution in [0.5, 0.6) is 0 Å². The number of carbonyl (C=O) groups excluding carboxylic acids is 2. The van der Waals surface area contributed by atoms with Gasteiger partial charge >= 0.3 is 0 Å². The molecule has 1 aromatic rings. The second kappa shape index (κ2) is 15.5. The maximum absolute atomic E-state index is 15.2. The summed E-state index contributed by atoms with van der Waals surface area (Å²) >= 11 is 0. The molecule has 39 heavy (non-hydrogen) atoms. The minimum absolute atomic E-state index is 0. The number of hydrogen-bond acceptors (Lipinski definition) is 4. The third-order valence-electron chi connectivity index (χ3n) is 7.78. The number of nitrogens with two attached hydrogens (primary N) is 1. The molecule has 0 aromatic heterocycles. The van der Waals surface area contributed by atoms with E-state index in [1.807, 2.05) is 0 Å². The number of halogens is 5. The van der Waals surface area contributed by atoms with E-state index in [0.29, 0.717) is 5.56 Å². The van der Waals surface area contributed by atoms with Gasteiger partial charge in [0.15, 0.2) is 0 Å². The predicted molar refractivity (Wildman–Crippen MR) is 145 cm³/mol. The Morgan fingerprint density at radius 3 is 2.03 bits per heavy atom. The van der Waals surface area contributed by atoms with Gasteiger partial charge in [-0.2, -0.15) is 0 Å². The first-order valence-electron chi connectivity index (χ1n) is 13.5. The number of hydrogen-bond donors (Lipinski definition) is 3. The zero-order chi connectivity index (χ0) is 27.8. The molecule has 11 heteroatoms. The van der Waals surface area contributed by atoms with Gasteiger partial charge in [-0.1, -0.05) is 38.5 Å². The zero-order valence-corrected chi connectivity index (χ0v) is 23.4. The molecule has 220 valence electrons. The van der Waals surface area contributed by atoms with E-state index in [1.54, 1.807) is 5.32 Å². The van der Waals surface area contributed by atoms with Crippen molar-refractivity contribution in [3.05, 3.63) is 40.3 Å². The average molecular weight is 578 g/mol. The van der Waals surface area contributed by atoms with Gasteiger partial charge in [0.2, 0.25) is 12.2 Å². The molecule has 4 N–H and O–H groups in total. The highest BCUT2D eigenvalue weighted by atomic mass is 35.5. The lowest BCUT2D eigenvalue weighted by Gasteiger charge is -2.33. The maximum Gasteiger partial charge on any atom is 0.287 e. The fourth-order valence-electron chi connectivity index (χ4n) is 5.80. The quantitative estimate of drug-likeness (QED) is 0.168. The molecule has 2 amide bonds. The highest BCUT2D eigenvalue weighted by Crippen LogP contribution is 2.40. The van der Waals surface area contributed by atoms with Gasteiger partial charge in [-0.05, 0) is 73.3 Å². The molecule has 0 saturated heterocycles. The van der Waals surface area contributed by atoms with Crippen LogP contribution in [-0.4, -0.2) is 31.6 Å². The third-order valence-corrected chi connectivity index (χ3v) is 7.78. The number of allylic oxidation sites excluding steroid dienone is 1. The molecule has 0 aliphatic heterocycles. The van der Waals surface area contributed by atoms with Crippen molar-refractivity contribution in [2.24, 2.45) is 17.6 Å². The monoisotopic (exact) mass is 577 g/mol. The summed E-state index contributed by atoms with van der Waals surface area (Å²) in [5, 5.41) is 4.19. The Kier molecular flexibility index (Phi) is 13.0. The molecule has 0 heterocycles. The molecule has 0 radical (unpaired) electrons. The molecule has 1 aromatic carbocycles. The summed E-state index contributed by atoms with van der Waals surface area (Å²) in [5.41, 5.74) is 7.97. The van der Waals surface area contributed by atoms with Crippen LogP contribution in [0.3, 0.4) is 0 Å². The number of anilines is 1. The van der Waals surface area contributed by atoms with Crippen LogP contribution in [0.1, 0.15) is 88.2 Å². The van der Waals surface area contributed by atoms with Crippen molar-refractivity contribution in [1.29, 1.82) is 0 Å². The van der Waals surface area contributed by atoms with Crippen molar-refractivity contribution < 1.29 is 31.9 Å². The van der Waals surface area contributed by atoms with Gasteiger partial charge < -0.3 is 21.1 Å². The first kappa shape index (κ1) is 32.9. The van der Waals surface area contributed by atoms with Crippen molar-refractivity contribution in [2.75, 3.05) is 12.4 Å². The molecule has 0 spiro atoms. The van der Waals surface area contributed by atoms with E-state index in [2.05, 4.69) is 5.32 Å². The number of ether oxygens (including phenoxy) is 1. The summed E-state index contributed by atoms with van der Waals surface area (Å²) in [6, 6.07) is 2.37. The fourth-order valence-corrected chi connectivity index (χ4v) is 5.80. The minimum atomic E-state index is -3.38. The van der Waals surface area contributed by atoms with Gasteiger partial charge in [0.25, 0.3) is 12.3 Å². The van der Waals surface area contributed by atoms with Crippen LogP contribution in [-0.2, 0) is 20.9 Å². The molecular formula is C28H40ClF4N3O3. The molecule has 2 atom stereocenters. The van der Waals surface area contributed by atoms with Gasteiger partial charge in [0.1, 0.15) is 5.82 Å². The number of alkyl halides is 3. The largest absolute Gasteiger partial charge is 0.394 e. The van der Waals surface area contributed by atoms with Crippen molar-refractivity contribution in [1.82, 2.24) is 5.32 Å². The van der Waals surface area contributed by atoms with E-state index >= 15 is 4.39 Å². The fraction of sp³-hybridized carbons (Fsp3) is 0.643. The summed E-state index contributed by atoms with van der Waals surface area (Å²) in [7, 11) is 1.39. The summed E-state index contributed by atoms with van der Waals surface area (Å²) in [5.74, 6) is -3.08. The van der Waals surface area contributed by atoms with Gasteiger partial charge in [0, 0.05) is 7.11 Å². The van der Waals surface area contributed by atoms with Crippen LogP contribution in [0.25, 0.3) is 0 Å². The van der Waals surface area contributed by atoms with E-state index in [4.69, 9.17) is 10.5 Å². The number of carbonyl (C=O) groups is 2. The van der Waals surface area contributed by atoms with Crippen LogP contribution in [0.4, 0.5) is 23.2 Å². The highest BCUT2D eigenvalue weighted by molar-refractivity contribution is 6.03. The first-order valence-corrected chi connectivity index (χ1v) is 13.5. The lowest BCUT2D eigenvalue weighted by molar-refractivity contribution is -0.126. The number of amides is 2. The second-order valence-electron chi connectivity index (χ2n) is 10.4. The van der Waals surface area contributed by atoms with Crippen molar-refractivity contribution in [3.63, 3.8) is 0 Å². The first-order chi connectivity index (χ1) is 18.1. The lowest BCUT2D eigenvalue weighted by Crippen LogP contribution is -2.39. The highest BCUT2D eigenvalue weighted by Gasteiger charge is 2.31. The smallest absolute Gasteiger partial charge is 0.287 e. The molecular weight excluding hydrogens is 538 g/mol. The number of benzene rings is 1. The summed E-state index contributed by atoms with van der Waals surface area (Å²) < 4.78 is 58.8. The molecule has 3 rings (SSSR count). The Balaban J connectivity index is 0.00000533. The predicted octanol–water partition coefficient (Wildman–Crippen LogP) is 6.49. The Morgan fingerprint density at radius 1 is 1.00 bits per heavy atom. The van der Waals surface area contributed by atoms with E-state index in [-0.39, 0.29) is 47.8 Å². The Morgan fingerprint density at radius 2 is 1.54 bits per heavy atom. The van der Waals surface area contributed by atoms with Crippen molar-refractivity contribution in [3.8, 4) is 0 Å². The van der Waals surface area contributed by atoms with Crippen LogP contribution < -0.4 is 16.4 Å². The third kappa shape index (κ3) is 8.58. The molecule has 2 unspecified atom stereocenters. The lowest BCUT2D eigenvalue weighted by atomic mass is 9.73. The van der Waals surface area contributed by atoms with E-state index < -0.39 is 36.3 Å². The molecule has 2 saturated carbocycles. The number of methoxy groups -OCH3 is 1. The Labute approximate surface area is 233 Å². The van der Waals surface area contributed by atoms with Crippen molar-refractivity contribution >= 4 is 29.9 Å². The van der Waals surface area contributed by atoms with E-state index in [9.17, 15) is 22.8 Å². The second-order valence-corrected chi connectivity index (χ2v) is 10.4. The minimum Gasteiger partial charge on any atom is -0.394 e. The number of rotatable bonds is 10. The zero-order valence-electron chi connectivity index (χ0n) is 22.5. The molecule has 2 fully saturated rings. The van der Waals surface area contributed by atoms with Gasteiger partial charge in [0.05, 0.1) is 23.9 Å². The standard InChI is InChI=1S/C28H39F4N3O3.ClH/c1-16(27(36)35-26(32)25(30)31)20-14-21(29)22(13-19(20)15-38-2)34-28(37)24(33)23(17-9-5-3-6-10-17)18-11-7-4-8-12-18;/h13-14,16-18,25-26H,3-12,15,33H2,1-2H3,(H,34,37)(H,35,36);1H. The normalized spacial score (nSPS) is 18.1. The summed E-state index contributed by atoms with van der Waals surface area (Å²) in [6.07, 6.45) is 4.47. The summed E-state index contributed by atoms with van der Waals surface area (Å²) in [4.78, 5) is 25.6. The van der Waals surface area contributed by atoms with Crippen LogP contribution in [0.2, 0.25) is 0 Å². The Hall–Kier alpha value is -2.33. The molecule has 0 bridgehead atoms. The van der Waals surface area contributed by atoms with Crippen molar-refractivity contribution in [2.45, 2.75) is 96.4 Å². The van der Waals surface area contributed by atoms with Crippen LogP contribution in [0, 0.1) is 17.7 Å². The summed E-state index contributed by atoms with van der Waals surface area (Å²) in [6.45, 7) is 1.30.